The van der Waals surface area contributed by atoms with Gasteiger partial charge in [-0.25, -0.2) is 0 Å². The van der Waals surface area contributed by atoms with Crippen LogP contribution in [-0.4, -0.2) is 11.6 Å². The third kappa shape index (κ3) is 3.39. The summed E-state index contributed by atoms with van der Waals surface area (Å²) in [6.07, 6.45) is 10.4. The van der Waals surface area contributed by atoms with E-state index in [4.69, 9.17) is 5.26 Å². The molecule has 3 heteroatoms. The number of hydrogen-bond donors (Lipinski definition) is 1. The lowest BCUT2D eigenvalue weighted by Crippen LogP contribution is -2.20. The minimum atomic E-state index is -0.194. The Morgan fingerprint density at radius 2 is 2.26 bits per heavy atom. The Hall–Kier alpha value is -1.27. The predicted octanol–water partition coefficient (Wildman–Crippen LogP) is 3.41. The van der Waals surface area contributed by atoms with Gasteiger partial charge >= 0.3 is 0 Å². The van der Waals surface area contributed by atoms with Gasteiger partial charge in [-0.1, -0.05) is 0 Å². The van der Waals surface area contributed by atoms with Crippen molar-refractivity contribution in [2.24, 2.45) is 5.41 Å². The Kier molecular flexibility index (Phi) is 4.31. The average Bonchev–Trinajstić information content (AvgIpc) is 2.81. The molecule has 3 nitrogen and oxygen atoms in total. The SMILES string of the molecule is CNC1CCCc2cn(CCCC(C)(C)C#N)cc21. The minimum absolute atomic E-state index is 0.194. The first-order valence-electron chi connectivity index (χ1n) is 7.33. The number of aryl methyl sites for hydroxylation is 2. The molecule has 1 atom stereocenters. The van der Waals surface area contributed by atoms with E-state index in [1.807, 2.05) is 20.9 Å². The molecule has 1 aliphatic carbocycles. The largest absolute Gasteiger partial charge is 0.354 e. The van der Waals surface area contributed by atoms with Crippen LogP contribution in [0, 0.1) is 16.7 Å². The third-order valence-electron chi connectivity index (χ3n) is 4.18. The molecule has 1 unspecified atom stereocenters. The van der Waals surface area contributed by atoms with Crippen LogP contribution in [0.1, 0.15) is 56.7 Å². The molecule has 0 radical (unpaired) electrons. The van der Waals surface area contributed by atoms with Crippen LogP contribution in [0.25, 0.3) is 0 Å². The lowest BCUT2D eigenvalue weighted by molar-refractivity contribution is 0.415. The summed E-state index contributed by atoms with van der Waals surface area (Å²) < 4.78 is 2.31. The molecule has 1 N–H and O–H groups in total. The number of rotatable bonds is 5. The zero-order valence-corrected chi connectivity index (χ0v) is 12.4. The summed E-state index contributed by atoms with van der Waals surface area (Å²) in [4.78, 5) is 0. The van der Waals surface area contributed by atoms with Crippen LogP contribution in [0.4, 0.5) is 0 Å². The first-order chi connectivity index (χ1) is 9.05. The van der Waals surface area contributed by atoms with Crippen molar-refractivity contribution in [1.29, 1.82) is 5.26 Å². The number of nitrogens with one attached hydrogen (secondary N) is 1. The van der Waals surface area contributed by atoms with Crippen molar-refractivity contribution in [3.05, 3.63) is 23.5 Å². The summed E-state index contributed by atoms with van der Waals surface area (Å²) in [6, 6.07) is 2.90. The topological polar surface area (TPSA) is 40.8 Å². The van der Waals surface area contributed by atoms with Gasteiger partial charge in [-0.3, -0.25) is 0 Å². The number of aromatic nitrogens is 1. The second-order valence-corrected chi connectivity index (χ2v) is 6.31. The van der Waals surface area contributed by atoms with Crippen molar-refractivity contribution in [2.75, 3.05) is 7.05 Å². The smallest absolute Gasteiger partial charge is 0.0683 e. The van der Waals surface area contributed by atoms with E-state index in [0.29, 0.717) is 6.04 Å². The predicted molar refractivity (Wildman–Crippen MR) is 77.8 cm³/mol. The highest BCUT2D eigenvalue weighted by molar-refractivity contribution is 5.30. The molecule has 0 amide bonds. The van der Waals surface area contributed by atoms with E-state index in [-0.39, 0.29) is 5.41 Å². The second-order valence-electron chi connectivity index (χ2n) is 6.31. The molecule has 1 aliphatic rings. The fourth-order valence-electron chi connectivity index (χ4n) is 2.94. The normalized spacial score (nSPS) is 18.9. The van der Waals surface area contributed by atoms with Gasteiger partial charge in [0.25, 0.3) is 0 Å². The molecule has 1 aromatic heterocycles. The molecule has 0 saturated heterocycles. The van der Waals surface area contributed by atoms with Crippen LogP contribution < -0.4 is 5.32 Å². The van der Waals surface area contributed by atoms with Crippen LogP contribution in [0.2, 0.25) is 0 Å². The van der Waals surface area contributed by atoms with Crippen molar-refractivity contribution in [1.82, 2.24) is 9.88 Å². The highest BCUT2D eigenvalue weighted by Gasteiger charge is 2.21. The van der Waals surface area contributed by atoms with Crippen LogP contribution in [0.15, 0.2) is 12.4 Å². The monoisotopic (exact) mass is 259 g/mol. The van der Waals surface area contributed by atoms with Crippen molar-refractivity contribution in [3.63, 3.8) is 0 Å². The van der Waals surface area contributed by atoms with Gasteiger partial charge in [0, 0.05) is 25.0 Å². The van der Waals surface area contributed by atoms with Gasteiger partial charge in [-0.15, -0.1) is 0 Å². The van der Waals surface area contributed by atoms with Crippen molar-refractivity contribution in [2.45, 2.75) is 58.5 Å². The van der Waals surface area contributed by atoms with E-state index >= 15 is 0 Å². The number of fused-ring (bicyclic) bond motifs is 1. The maximum atomic E-state index is 9.03. The van der Waals surface area contributed by atoms with Gasteiger partial charge in [0.15, 0.2) is 0 Å². The minimum Gasteiger partial charge on any atom is -0.354 e. The fraction of sp³-hybridized carbons (Fsp3) is 0.688. The number of nitriles is 1. The van der Waals surface area contributed by atoms with Gasteiger partial charge < -0.3 is 9.88 Å². The van der Waals surface area contributed by atoms with E-state index < -0.39 is 0 Å². The summed E-state index contributed by atoms with van der Waals surface area (Å²) in [5, 5.41) is 12.4. The molecule has 0 saturated carbocycles. The highest BCUT2D eigenvalue weighted by atomic mass is 15.0. The van der Waals surface area contributed by atoms with Crippen molar-refractivity contribution >= 4 is 0 Å². The lowest BCUT2D eigenvalue weighted by Gasteiger charge is -2.21. The molecule has 19 heavy (non-hydrogen) atoms. The van der Waals surface area contributed by atoms with E-state index in [1.165, 1.54) is 30.4 Å². The quantitative estimate of drug-likeness (QED) is 0.880. The molecule has 0 aliphatic heterocycles. The lowest BCUT2D eigenvalue weighted by atomic mass is 9.90. The Bertz CT molecular complexity index is 465. The molecule has 104 valence electrons. The van der Waals surface area contributed by atoms with Gasteiger partial charge in [0.2, 0.25) is 0 Å². The van der Waals surface area contributed by atoms with E-state index in [9.17, 15) is 0 Å². The van der Waals surface area contributed by atoms with E-state index in [2.05, 4.69) is 28.3 Å². The van der Waals surface area contributed by atoms with Crippen LogP contribution in [0.3, 0.4) is 0 Å². The Balaban J connectivity index is 1.96. The average molecular weight is 259 g/mol. The summed E-state index contributed by atoms with van der Waals surface area (Å²) in [6.45, 7) is 5.06. The molecule has 1 aromatic rings. The van der Waals surface area contributed by atoms with Gasteiger partial charge in [0.1, 0.15) is 0 Å². The number of nitrogens with zero attached hydrogens (tertiary/aromatic N) is 2. The van der Waals surface area contributed by atoms with E-state index in [0.717, 1.165) is 19.4 Å². The maximum Gasteiger partial charge on any atom is 0.0683 e. The highest BCUT2D eigenvalue weighted by Crippen LogP contribution is 2.30. The molecular formula is C16H25N3. The van der Waals surface area contributed by atoms with E-state index in [1.54, 1.807) is 0 Å². The van der Waals surface area contributed by atoms with Crippen LogP contribution in [-0.2, 0) is 13.0 Å². The second kappa shape index (κ2) is 5.79. The summed E-state index contributed by atoms with van der Waals surface area (Å²) in [7, 11) is 2.05. The molecule has 0 bridgehead atoms. The molecule has 0 fully saturated rings. The standard InChI is InChI=1S/C16H25N3/c1-16(2,12-17)8-5-9-19-10-13-6-4-7-15(18-3)14(13)11-19/h10-11,15,18H,4-9H2,1-3H3. The summed E-state index contributed by atoms with van der Waals surface area (Å²) >= 11 is 0. The first kappa shape index (κ1) is 14.1. The zero-order chi connectivity index (χ0) is 13.9. The van der Waals surface area contributed by atoms with Crippen molar-refractivity contribution < 1.29 is 0 Å². The molecule has 0 aromatic carbocycles. The molecule has 0 spiro atoms. The Morgan fingerprint density at radius 1 is 1.47 bits per heavy atom. The van der Waals surface area contributed by atoms with Crippen molar-refractivity contribution in [3.8, 4) is 6.07 Å². The molecular weight excluding hydrogens is 234 g/mol. The Labute approximate surface area is 116 Å². The van der Waals surface area contributed by atoms with Gasteiger partial charge in [-0.05, 0) is 64.1 Å². The molecule has 1 heterocycles. The zero-order valence-electron chi connectivity index (χ0n) is 12.4. The summed E-state index contributed by atoms with van der Waals surface area (Å²) in [5.41, 5.74) is 2.79. The third-order valence-corrected chi connectivity index (χ3v) is 4.18. The van der Waals surface area contributed by atoms with Crippen LogP contribution >= 0.6 is 0 Å². The molecule has 2 rings (SSSR count). The first-order valence-corrected chi connectivity index (χ1v) is 7.33. The maximum absolute atomic E-state index is 9.03. The summed E-state index contributed by atoms with van der Waals surface area (Å²) in [5.74, 6) is 0. The van der Waals surface area contributed by atoms with Gasteiger partial charge in [-0.2, -0.15) is 5.26 Å². The Morgan fingerprint density at radius 3 is 2.95 bits per heavy atom. The van der Waals surface area contributed by atoms with Crippen LogP contribution in [0.5, 0.6) is 0 Å². The van der Waals surface area contributed by atoms with Gasteiger partial charge in [0.05, 0.1) is 11.5 Å². The fourth-order valence-corrected chi connectivity index (χ4v) is 2.94. The number of hydrogen-bond acceptors (Lipinski definition) is 2.